The van der Waals surface area contributed by atoms with E-state index in [2.05, 4.69) is 61.9 Å². The van der Waals surface area contributed by atoms with Gasteiger partial charge in [0.2, 0.25) is 0 Å². The number of aryl methyl sites for hydroxylation is 3. The van der Waals surface area contributed by atoms with E-state index in [1.165, 1.54) is 5.56 Å². The van der Waals surface area contributed by atoms with Gasteiger partial charge in [-0.25, -0.2) is 0 Å². The first-order valence-corrected chi connectivity index (χ1v) is 9.30. The van der Waals surface area contributed by atoms with Gasteiger partial charge in [0.15, 0.2) is 0 Å². The van der Waals surface area contributed by atoms with Crippen LogP contribution in [0.2, 0.25) is 0 Å². The molecule has 0 saturated carbocycles. The summed E-state index contributed by atoms with van der Waals surface area (Å²) in [7, 11) is 0. The van der Waals surface area contributed by atoms with Crippen LogP contribution in [-0.2, 0) is 13.1 Å². The summed E-state index contributed by atoms with van der Waals surface area (Å²) in [5, 5.41) is 0. The number of nitrogens with zero attached hydrogens (tertiary/aromatic N) is 4. The third-order valence-corrected chi connectivity index (χ3v) is 5.27. The van der Waals surface area contributed by atoms with E-state index in [0.717, 1.165) is 66.5 Å². The average Bonchev–Trinajstić information content (AvgIpc) is 2.56. The molecule has 1 aliphatic rings. The van der Waals surface area contributed by atoms with Crippen molar-refractivity contribution >= 4 is 15.9 Å². The van der Waals surface area contributed by atoms with Gasteiger partial charge in [0.05, 0.1) is 22.8 Å². The molecule has 5 heteroatoms. The van der Waals surface area contributed by atoms with E-state index in [1.54, 1.807) is 0 Å². The molecule has 0 radical (unpaired) electrons. The van der Waals surface area contributed by atoms with Gasteiger partial charge in [0.1, 0.15) is 0 Å². The van der Waals surface area contributed by atoms with Crippen molar-refractivity contribution in [1.82, 2.24) is 19.8 Å². The number of benzene rings is 1. The van der Waals surface area contributed by atoms with E-state index in [4.69, 9.17) is 4.98 Å². The van der Waals surface area contributed by atoms with Gasteiger partial charge in [-0.05, 0) is 38.5 Å². The van der Waals surface area contributed by atoms with Crippen LogP contribution in [-0.4, -0.2) is 45.9 Å². The van der Waals surface area contributed by atoms with Crippen LogP contribution in [0, 0.1) is 20.8 Å². The topological polar surface area (TPSA) is 32.3 Å². The lowest BCUT2D eigenvalue weighted by Gasteiger charge is -2.34. The Balaban J connectivity index is 1.53. The van der Waals surface area contributed by atoms with Crippen LogP contribution < -0.4 is 0 Å². The van der Waals surface area contributed by atoms with Crippen molar-refractivity contribution in [3.8, 4) is 0 Å². The van der Waals surface area contributed by atoms with Crippen LogP contribution >= 0.6 is 15.9 Å². The first-order valence-electron chi connectivity index (χ1n) is 8.51. The fraction of sp³-hybridized carbons (Fsp3) is 0.474. The number of halogens is 1. The number of hydrogen-bond donors (Lipinski definition) is 0. The maximum atomic E-state index is 4.74. The van der Waals surface area contributed by atoms with Gasteiger partial charge < -0.3 is 0 Å². The number of aromatic nitrogens is 2. The standard InChI is InChI=1S/C19H25BrN4/c1-14-15(2)22-19(16(3)21-14)13-24-10-8-23(9-11-24)12-17-4-6-18(20)7-5-17/h4-7H,8-13H2,1-3H3. The summed E-state index contributed by atoms with van der Waals surface area (Å²) < 4.78 is 1.14. The molecule has 4 nitrogen and oxygen atoms in total. The van der Waals surface area contributed by atoms with Crippen molar-refractivity contribution in [2.24, 2.45) is 0 Å². The van der Waals surface area contributed by atoms with Crippen molar-refractivity contribution in [2.75, 3.05) is 26.2 Å². The molecule has 0 spiro atoms. The summed E-state index contributed by atoms with van der Waals surface area (Å²) in [6, 6.07) is 8.63. The summed E-state index contributed by atoms with van der Waals surface area (Å²) >= 11 is 3.49. The number of rotatable bonds is 4. The van der Waals surface area contributed by atoms with E-state index >= 15 is 0 Å². The maximum absolute atomic E-state index is 4.74. The molecule has 1 saturated heterocycles. The summed E-state index contributed by atoms with van der Waals surface area (Å²) in [6.45, 7) is 12.5. The van der Waals surface area contributed by atoms with Crippen molar-refractivity contribution in [3.05, 3.63) is 57.1 Å². The Morgan fingerprint density at radius 3 is 1.96 bits per heavy atom. The highest BCUT2D eigenvalue weighted by Gasteiger charge is 2.18. The van der Waals surface area contributed by atoms with Gasteiger partial charge >= 0.3 is 0 Å². The van der Waals surface area contributed by atoms with Crippen molar-refractivity contribution in [2.45, 2.75) is 33.9 Å². The minimum absolute atomic E-state index is 0.909. The van der Waals surface area contributed by atoms with E-state index in [0.29, 0.717) is 0 Å². The first kappa shape index (κ1) is 17.5. The molecule has 1 aliphatic heterocycles. The second kappa shape index (κ2) is 7.72. The Hall–Kier alpha value is -1.30. The lowest BCUT2D eigenvalue weighted by atomic mass is 10.2. The van der Waals surface area contributed by atoms with Crippen molar-refractivity contribution in [1.29, 1.82) is 0 Å². The van der Waals surface area contributed by atoms with Gasteiger partial charge in [-0.3, -0.25) is 19.8 Å². The quantitative estimate of drug-likeness (QED) is 0.802. The molecule has 0 atom stereocenters. The smallest absolute Gasteiger partial charge is 0.0759 e. The van der Waals surface area contributed by atoms with Crippen molar-refractivity contribution < 1.29 is 0 Å². The second-order valence-corrected chi connectivity index (χ2v) is 7.52. The first-order chi connectivity index (χ1) is 11.5. The molecule has 3 rings (SSSR count). The molecule has 0 unspecified atom stereocenters. The Morgan fingerprint density at radius 2 is 1.33 bits per heavy atom. The van der Waals surface area contributed by atoms with E-state index < -0.39 is 0 Å². The summed E-state index contributed by atoms with van der Waals surface area (Å²) in [5.41, 5.74) is 5.65. The van der Waals surface area contributed by atoms with Gasteiger partial charge in [-0.2, -0.15) is 0 Å². The van der Waals surface area contributed by atoms with Gasteiger partial charge in [-0.1, -0.05) is 28.1 Å². The zero-order valence-electron chi connectivity index (χ0n) is 14.7. The summed E-state index contributed by atoms with van der Waals surface area (Å²) in [4.78, 5) is 14.4. The molecule has 1 aromatic heterocycles. The molecule has 1 aromatic carbocycles. The molecule has 24 heavy (non-hydrogen) atoms. The van der Waals surface area contributed by atoms with Crippen molar-refractivity contribution in [3.63, 3.8) is 0 Å². The Morgan fingerprint density at radius 1 is 0.792 bits per heavy atom. The van der Waals surface area contributed by atoms with Crippen LogP contribution in [0.4, 0.5) is 0 Å². The highest BCUT2D eigenvalue weighted by atomic mass is 79.9. The predicted molar refractivity (Wildman–Crippen MR) is 101 cm³/mol. The normalized spacial score (nSPS) is 16.5. The summed E-state index contributed by atoms with van der Waals surface area (Å²) in [6.07, 6.45) is 0. The van der Waals surface area contributed by atoms with Crippen LogP contribution in [0.25, 0.3) is 0 Å². The third kappa shape index (κ3) is 4.41. The molecule has 0 bridgehead atoms. The van der Waals surface area contributed by atoms with E-state index in [-0.39, 0.29) is 0 Å². The average molecular weight is 389 g/mol. The Bertz CT molecular complexity index is 691. The highest BCUT2D eigenvalue weighted by Crippen LogP contribution is 2.15. The van der Waals surface area contributed by atoms with Crippen LogP contribution in [0.5, 0.6) is 0 Å². The zero-order chi connectivity index (χ0) is 17.1. The minimum atomic E-state index is 0.909. The predicted octanol–water partition coefficient (Wildman–Crippen LogP) is 3.48. The molecular formula is C19H25BrN4. The molecule has 0 aliphatic carbocycles. The SMILES string of the molecule is Cc1nc(C)c(CN2CCN(Cc3ccc(Br)cc3)CC2)nc1C. The zero-order valence-corrected chi connectivity index (χ0v) is 16.3. The molecule has 0 N–H and O–H groups in total. The van der Waals surface area contributed by atoms with E-state index in [1.807, 2.05) is 13.8 Å². The molecule has 2 aromatic rings. The van der Waals surface area contributed by atoms with E-state index in [9.17, 15) is 0 Å². The number of piperazine rings is 1. The monoisotopic (exact) mass is 388 g/mol. The van der Waals surface area contributed by atoms with Crippen LogP contribution in [0.15, 0.2) is 28.7 Å². The summed E-state index contributed by atoms with van der Waals surface area (Å²) in [5.74, 6) is 0. The number of hydrogen-bond acceptors (Lipinski definition) is 4. The van der Waals surface area contributed by atoms with Crippen LogP contribution in [0.1, 0.15) is 28.3 Å². The van der Waals surface area contributed by atoms with Gasteiger partial charge in [-0.15, -0.1) is 0 Å². The fourth-order valence-electron chi connectivity index (χ4n) is 3.08. The fourth-order valence-corrected chi connectivity index (χ4v) is 3.34. The maximum Gasteiger partial charge on any atom is 0.0759 e. The lowest BCUT2D eigenvalue weighted by Crippen LogP contribution is -2.45. The second-order valence-electron chi connectivity index (χ2n) is 6.61. The lowest BCUT2D eigenvalue weighted by molar-refractivity contribution is 0.120. The van der Waals surface area contributed by atoms with Gasteiger partial charge in [0, 0.05) is 43.7 Å². The Kier molecular flexibility index (Phi) is 5.64. The molecule has 2 heterocycles. The molecule has 128 valence electrons. The van der Waals surface area contributed by atoms with Gasteiger partial charge in [0.25, 0.3) is 0 Å². The molecular weight excluding hydrogens is 364 g/mol. The van der Waals surface area contributed by atoms with Crippen LogP contribution in [0.3, 0.4) is 0 Å². The highest BCUT2D eigenvalue weighted by molar-refractivity contribution is 9.10. The third-order valence-electron chi connectivity index (χ3n) is 4.74. The minimum Gasteiger partial charge on any atom is -0.297 e. The molecule has 1 fully saturated rings. The largest absolute Gasteiger partial charge is 0.297 e. The Labute approximate surface area is 153 Å². The molecule has 0 amide bonds.